The van der Waals surface area contributed by atoms with Gasteiger partial charge in [-0.05, 0) is 35.2 Å². The van der Waals surface area contributed by atoms with E-state index in [9.17, 15) is 8.42 Å². The summed E-state index contributed by atoms with van der Waals surface area (Å²) in [5.74, 6) is -0.0371. The number of sulfonamides is 1. The molecule has 0 spiro atoms. The summed E-state index contributed by atoms with van der Waals surface area (Å²) in [6.07, 6.45) is 0.427. The maximum Gasteiger partial charge on any atom is 0.209 e. The highest BCUT2D eigenvalue weighted by molar-refractivity contribution is 7.89. The summed E-state index contributed by atoms with van der Waals surface area (Å²) in [5, 5.41) is 4.98. The molecule has 0 unspecified atom stereocenters. The third kappa shape index (κ3) is 4.08. The molecule has 4 nitrogen and oxygen atoms in total. The molecule has 2 rings (SSSR count). The van der Waals surface area contributed by atoms with Crippen molar-refractivity contribution in [1.82, 2.24) is 0 Å². The van der Waals surface area contributed by atoms with Crippen molar-refractivity contribution < 1.29 is 8.42 Å². The molecule has 0 bridgehead atoms. The Morgan fingerprint density at radius 2 is 1.63 bits per heavy atom. The van der Waals surface area contributed by atoms with E-state index in [-0.39, 0.29) is 5.75 Å². The number of benzene rings is 2. The Bertz CT molecular complexity index is 664. The summed E-state index contributed by atoms with van der Waals surface area (Å²) >= 11 is 0. The molecule has 0 aliphatic rings. The van der Waals surface area contributed by atoms with E-state index in [4.69, 9.17) is 10.9 Å². The van der Waals surface area contributed by atoms with Gasteiger partial charge in [0.05, 0.1) is 5.75 Å². The van der Waals surface area contributed by atoms with Crippen molar-refractivity contribution in [1.29, 1.82) is 0 Å². The number of rotatable bonds is 4. The van der Waals surface area contributed by atoms with Gasteiger partial charge in [-0.15, -0.1) is 0 Å². The van der Waals surface area contributed by atoms with E-state index in [1.807, 2.05) is 48.5 Å². The number of hydrogen-bond acceptors (Lipinski definition) is 3. The Kier molecular flexibility index (Phi) is 3.87. The number of hydrogen-bond donors (Lipinski definition) is 2. The predicted octanol–water partition coefficient (Wildman–Crippen LogP) is 1.77. The minimum Gasteiger partial charge on any atom is -0.399 e. The molecule has 4 N–H and O–H groups in total. The van der Waals surface area contributed by atoms with Gasteiger partial charge in [0, 0.05) is 5.69 Å². The maximum atomic E-state index is 10.9. The molecule has 0 fully saturated rings. The van der Waals surface area contributed by atoms with Gasteiger partial charge in [-0.1, -0.05) is 36.4 Å². The van der Waals surface area contributed by atoms with Crippen LogP contribution in [0.3, 0.4) is 0 Å². The van der Waals surface area contributed by atoms with Gasteiger partial charge in [-0.2, -0.15) is 0 Å². The van der Waals surface area contributed by atoms with Crippen molar-refractivity contribution >= 4 is 15.7 Å². The second kappa shape index (κ2) is 5.42. The van der Waals surface area contributed by atoms with Gasteiger partial charge < -0.3 is 5.73 Å². The first-order valence-corrected chi connectivity index (χ1v) is 7.61. The predicted molar refractivity (Wildman–Crippen MR) is 78.0 cm³/mol. The molecule has 0 atom stereocenters. The molecule has 0 heterocycles. The van der Waals surface area contributed by atoms with Gasteiger partial charge in [0.25, 0.3) is 0 Å². The van der Waals surface area contributed by atoms with Crippen molar-refractivity contribution in [3.05, 3.63) is 54.1 Å². The van der Waals surface area contributed by atoms with E-state index >= 15 is 0 Å². The van der Waals surface area contributed by atoms with Crippen LogP contribution in [0.2, 0.25) is 0 Å². The van der Waals surface area contributed by atoms with Crippen LogP contribution in [-0.2, 0) is 16.4 Å². The molecule has 0 aliphatic heterocycles. The van der Waals surface area contributed by atoms with E-state index in [1.165, 1.54) is 0 Å². The average molecular weight is 276 g/mol. The summed E-state index contributed by atoms with van der Waals surface area (Å²) in [4.78, 5) is 0. The molecule has 0 saturated carbocycles. The Morgan fingerprint density at radius 1 is 0.947 bits per heavy atom. The lowest BCUT2D eigenvalue weighted by atomic mass is 10.0. The molecule has 0 amide bonds. The number of nitrogen functional groups attached to an aromatic ring is 1. The largest absolute Gasteiger partial charge is 0.399 e. The second-order valence-corrected chi connectivity index (χ2v) is 6.17. The summed E-state index contributed by atoms with van der Waals surface area (Å²) in [7, 11) is -3.41. The van der Waals surface area contributed by atoms with E-state index in [2.05, 4.69) is 0 Å². The van der Waals surface area contributed by atoms with Crippen molar-refractivity contribution in [2.75, 3.05) is 11.5 Å². The van der Waals surface area contributed by atoms with Gasteiger partial charge >= 0.3 is 0 Å². The Hall–Kier alpha value is -1.85. The number of anilines is 1. The van der Waals surface area contributed by atoms with Crippen LogP contribution in [-0.4, -0.2) is 14.2 Å². The number of primary sulfonamides is 1. The molecule has 5 heteroatoms. The standard InChI is InChI=1S/C14H16N2O2S/c15-14-3-1-2-13(10-14)12-6-4-11(5-7-12)8-9-19(16,17)18/h1-7,10H,8-9,15H2,(H2,16,17,18). The minimum absolute atomic E-state index is 0.0371. The second-order valence-electron chi connectivity index (χ2n) is 4.44. The fourth-order valence-corrected chi connectivity index (χ4v) is 2.36. The normalized spacial score (nSPS) is 11.4. The zero-order chi connectivity index (χ0) is 13.9. The summed E-state index contributed by atoms with van der Waals surface area (Å²) in [6.45, 7) is 0. The number of nitrogens with two attached hydrogens (primary N) is 2. The molecule has 2 aromatic rings. The molecule has 0 aliphatic carbocycles. The molecule has 2 aromatic carbocycles. The third-order valence-electron chi connectivity index (χ3n) is 2.85. The topological polar surface area (TPSA) is 86.2 Å². The lowest BCUT2D eigenvalue weighted by Gasteiger charge is -2.05. The van der Waals surface area contributed by atoms with Crippen LogP contribution < -0.4 is 10.9 Å². The van der Waals surface area contributed by atoms with Crippen LogP contribution in [0.5, 0.6) is 0 Å². The minimum atomic E-state index is -3.41. The maximum absolute atomic E-state index is 10.9. The molecule has 100 valence electrons. The van der Waals surface area contributed by atoms with Gasteiger partial charge in [0.1, 0.15) is 0 Å². The first kappa shape index (κ1) is 13.6. The Labute approximate surface area is 113 Å². The zero-order valence-electron chi connectivity index (χ0n) is 10.4. The molecule has 0 aromatic heterocycles. The van der Waals surface area contributed by atoms with Gasteiger partial charge in [-0.3, -0.25) is 0 Å². The zero-order valence-corrected chi connectivity index (χ0v) is 11.2. The summed E-state index contributed by atoms with van der Waals surface area (Å²) in [6, 6.07) is 15.3. The first-order valence-electron chi connectivity index (χ1n) is 5.89. The van der Waals surface area contributed by atoms with Gasteiger partial charge in [-0.25, -0.2) is 13.6 Å². The van der Waals surface area contributed by atoms with Crippen molar-refractivity contribution in [3.63, 3.8) is 0 Å². The molecule has 0 saturated heterocycles. The molecular weight excluding hydrogens is 260 g/mol. The molecular formula is C14H16N2O2S. The van der Waals surface area contributed by atoms with Crippen LogP contribution in [0.15, 0.2) is 48.5 Å². The van der Waals surface area contributed by atoms with Gasteiger partial charge in [0.15, 0.2) is 0 Å². The van der Waals surface area contributed by atoms with Crippen molar-refractivity contribution in [2.24, 2.45) is 5.14 Å². The highest BCUT2D eigenvalue weighted by Gasteiger charge is 2.04. The van der Waals surface area contributed by atoms with E-state index in [0.717, 1.165) is 22.4 Å². The third-order valence-corrected chi connectivity index (χ3v) is 3.62. The SMILES string of the molecule is Nc1cccc(-c2ccc(CCS(N)(=O)=O)cc2)c1. The molecule has 0 radical (unpaired) electrons. The smallest absolute Gasteiger partial charge is 0.209 e. The highest BCUT2D eigenvalue weighted by atomic mass is 32.2. The van der Waals surface area contributed by atoms with Crippen molar-refractivity contribution in [2.45, 2.75) is 6.42 Å². The van der Waals surface area contributed by atoms with E-state index in [1.54, 1.807) is 0 Å². The van der Waals surface area contributed by atoms with Crippen LogP contribution in [0.25, 0.3) is 11.1 Å². The van der Waals surface area contributed by atoms with Crippen LogP contribution in [0.4, 0.5) is 5.69 Å². The van der Waals surface area contributed by atoms with Crippen LogP contribution in [0, 0.1) is 0 Å². The molecule has 19 heavy (non-hydrogen) atoms. The number of aryl methyl sites for hydroxylation is 1. The fourth-order valence-electron chi connectivity index (χ4n) is 1.84. The van der Waals surface area contributed by atoms with Crippen LogP contribution in [0.1, 0.15) is 5.56 Å². The van der Waals surface area contributed by atoms with Crippen molar-refractivity contribution in [3.8, 4) is 11.1 Å². The lowest BCUT2D eigenvalue weighted by Crippen LogP contribution is -2.17. The summed E-state index contributed by atoms with van der Waals surface area (Å²) < 4.78 is 21.8. The quantitative estimate of drug-likeness (QED) is 0.834. The van der Waals surface area contributed by atoms with Crippen LogP contribution >= 0.6 is 0 Å². The summed E-state index contributed by atoms with van der Waals surface area (Å²) in [5.41, 5.74) is 9.49. The average Bonchev–Trinajstić information content (AvgIpc) is 2.36. The highest BCUT2D eigenvalue weighted by Crippen LogP contribution is 2.21. The fraction of sp³-hybridized carbons (Fsp3) is 0.143. The monoisotopic (exact) mass is 276 g/mol. The Balaban J connectivity index is 2.15. The first-order chi connectivity index (χ1) is 8.94. The lowest BCUT2D eigenvalue weighted by molar-refractivity contribution is 0.597. The van der Waals surface area contributed by atoms with E-state index < -0.39 is 10.0 Å². The Morgan fingerprint density at radius 3 is 2.21 bits per heavy atom. The van der Waals surface area contributed by atoms with E-state index in [0.29, 0.717) is 6.42 Å². The van der Waals surface area contributed by atoms with Gasteiger partial charge in [0.2, 0.25) is 10.0 Å².